The number of benzene rings is 3. The summed E-state index contributed by atoms with van der Waals surface area (Å²) in [7, 11) is 0. The summed E-state index contributed by atoms with van der Waals surface area (Å²) in [6.45, 7) is 5.04. The fourth-order valence-electron chi connectivity index (χ4n) is 3.40. The zero-order valence-corrected chi connectivity index (χ0v) is 20.1. The van der Waals surface area contributed by atoms with Crippen LogP contribution >= 0.6 is 15.9 Å². The molecule has 168 valence electrons. The third-order valence-corrected chi connectivity index (χ3v) is 5.53. The SMILES string of the molecule is CCCOc1c(Br)cc(/C=C2\N=C(c3ccc(-c4ccccc4)cc3)OC2=O)cc1OCC. The van der Waals surface area contributed by atoms with Gasteiger partial charge in [-0.05, 0) is 76.3 Å². The molecule has 0 atom stereocenters. The summed E-state index contributed by atoms with van der Waals surface area (Å²) in [5, 5.41) is 0. The molecule has 0 amide bonds. The second kappa shape index (κ2) is 10.5. The maximum Gasteiger partial charge on any atom is 0.363 e. The molecular formula is C27H24BrNO4. The lowest BCUT2D eigenvalue weighted by Gasteiger charge is -2.14. The van der Waals surface area contributed by atoms with Gasteiger partial charge in [-0.25, -0.2) is 9.79 Å². The first-order valence-electron chi connectivity index (χ1n) is 10.9. The van der Waals surface area contributed by atoms with Crippen LogP contribution < -0.4 is 9.47 Å². The van der Waals surface area contributed by atoms with Crippen LogP contribution in [0.15, 0.2) is 81.9 Å². The Morgan fingerprint density at radius 3 is 2.33 bits per heavy atom. The zero-order chi connectivity index (χ0) is 23.2. The van der Waals surface area contributed by atoms with Crippen LogP contribution in [0.4, 0.5) is 0 Å². The maximum absolute atomic E-state index is 12.5. The molecule has 0 saturated heterocycles. The Hall–Kier alpha value is -3.38. The topological polar surface area (TPSA) is 57.1 Å². The summed E-state index contributed by atoms with van der Waals surface area (Å²) < 4.78 is 17.8. The van der Waals surface area contributed by atoms with Gasteiger partial charge in [0, 0.05) is 5.56 Å². The van der Waals surface area contributed by atoms with Gasteiger partial charge in [0.1, 0.15) is 0 Å². The minimum Gasteiger partial charge on any atom is -0.490 e. The molecule has 4 rings (SSSR count). The Kier molecular flexibility index (Phi) is 7.25. The molecule has 0 aliphatic carbocycles. The lowest BCUT2D eigenvalue weighted by atomic mass is 10.0. The van der Waals surface area contributed by atoms with Crippen LogP contribution in [0.5, 0.6) is 11.5 Å². The van der Waals surface area contributed by atoms with Crippen molar-refractivity contribution in [1.82, 2.24) is 0 Å². The summed E-state index contributed by atoms with van der Waals surface area (Å²) in [4.78, 5) is 16.9. The van der Waals surface area contributed by atoms with Crippen molar-refractivity contribution in [1.29, 1.82) is 0 Å². The summed E-state index contributed by atoms with van der Waals surface area (Å²) in [5.74, 6) is 1.06. The van der Waals surface area contributed by atoms with Gasteiger partial charge in [0.05, 0.1) is 17.7 Å². The molecule has 3 aromatic rings. The van der Waals surface area contributed by atoms with Crippen molar-refractivity contribution >= 4 is 33.9 Å². The van der Waals surface area contributed by atoms with Gasteiger partial charge in [-0.2, -0.15) is 0 Å². The quantitative estimate of drug-likeness (QED) is 0.254. The number of ether oxygens (including phenoxy) is 3. The molecular weight excluding hydrogens is 482 g/mol. The first-order chi connectivity index (χ1) is 16.1. The summed E-state index contributed by atoms with van der Waals surface area (Å²) in [6.07, 6.45) is 2.57. The van der Waals surface area contributed by atoms with Crippen LogP contribution in [0.2, 0.25) is 0 Å². The van der Waals surface area contributed by atoms with Crippen LogP contribution in [-0.2, 0) is 9.53 Å². The number of carbonyl (C=O) groups is 1. The molecule has 0 bridgehead atoms. The molecule has 0 N–H and O–H groups in total. The van der Waals surface area contributed by atoms with E-state index in [9.17, 15) is 4.79 Å². The third kappa shape index (κ3) is 5.34. The van der Waals surface area contributed by atoms with Gasteiger partial charge in [0.2, 0.25) is 5.90 Å². The number of aliphatic imine (C=N–C) groups is 1. The monoisotopic (exact) mass is 505 g/mol. The van der Waals surface area contributed by atoms with E-state index in [4.69, 9.17) is 14.2 Å². The molecule has 0 radical (unpaired) electrons. The van der Waals surface area contributed by atoms with Gasteiger partial charge in [0.25, 0.3) is 0 Å². The van der Waals surface area contributed by atoms with Crippen molar-refractivity contribution < 1.29 is 19.0 Å². The van der Waals surface area contributed by atoms with Gasteiger partial charge in [0.15, 0.2) is 17.2 Å². The number of halogens is 1. The Balaban J connectivity index is 1.60. The van der Waals surface area contributed by atoms with E-state index in [1.165, 1.54) is 0 Å². The normalized spacial score (nSPS) is 14.2. The van der Waals surface area contributed by atoms with Gasteiger partial charge < -0.3 is 14.2 Å². The first-order valence-corrected chi connectivity index (χ1v) is 11.7. The molecule has 0 spiro atoms. The van der Waals surface area contributed by atoms with Gasteiger partial charge in [-0.15, -0.1) is 0 Å². The zero-order valence-electron chi connectivity index (χ0n) is 18.5. The van der Waals surface area contributed by atoms with E-state index >= 15 is 0 Å². The third-order valence-electron chi connectivity index (χ3n) is 4.95. The molecule has 0 saturated carbocycles. The molecule has 3 aromatic carbocycles. The summed E-state index contributed by atoms with van der Waals surface area (Å²) >= 11 is 3.55. The Bertz CT molecular complexity index is 1200. The average molecular weight is 506 g/mol. The Morgan fingerprint density at radius 1 is 0.939 bits per heavy atom. The molecule has 1 heterocycles. The molecule has 5 nitrogen and oxygen atoms in total. The van der Waals surface area contributed by atoms with E-state index in [0.717, 1.165) is 33.1 Å². The molecule has 0 unspecified atom stereocenters. The van der Waals surface area contributed by atoms with Crippen LogP contribution in [0.25, 0.3) is 17.2 Å². The first kappa shape index (κ1) is 22.8. The van der Waals surface area contributed by atoms with Crippen molar-refractivity contribution in [3.8, 4) is 22.6 Å². The van der Waals surface area contributed by atoms with E-state index in [-0.39, 0.29) is 11.6 Å². The summed E-state index contributed by atoms with van der Waals surface area (Å²) in [6, 6.07) is 21.6. The van der Waals surface area contributed by atoms with Gasteiger partial charge >= 0.3 is 5.97 Å². The highest BCUT2D eigenvalue weighted by Gasteiger charge is 2.24. The fraction of sp³-hybridized carbons (Fsp3) is 0.185. The molecule has 1 aliphatic heterocycles. The van der Waals surface area contributed by atoms with Crippen molar-refractivity contribution in [3.05, 3.63) is 88.0 Å². The Labute approximate surface area is 201 Å². The van der Waals surface area contributed by atoms with Crippen molar-refractivity contribution in [3.63, 3.8) is 0 Å². The number of rotatable bonds is 8. The molecule has 0 aromatic heterocycles. The number of carbonyl (C=O) groups excluding carboxylic acids is 1. The maximum atomic E-state index is 12.5. The number of hydrogen-bond donors (Lipinski definition) is 0. The Morgan fingerprint density at radius 2 is 1.64 bits per heavy atom. The summed E-state index contributed by atoms with van der Waals surface area (Å²) in [5.41, 5.74) is 3.93. The molecule has 33 heavy (non-hydrogen) atoms. The van der Waals surface area contributed by atoms with Gasteiger partial charge in [-0.3, -0.25) is 0 Å². The number of hydrogen-bond acceptors (Lipinski definition) is 5. The second-order valence-electron chi connectivity index (χ2n) is 7.39. The van der Waals surface area contributed by atoms with Gasteiger partial charge in [-0.1, -0.05) is 49.4 Å². The predicted octanol–water partition coefficient (Wildman–Crippen LogP) is 6.65. The lowest BCUT2D eigenvalue weighted by Crippen LogP contribution is -2.05. The van der Waals surface area contributed by atoms with Crippen LogP contribution in [0.3, 0.4) is 0 Å². The number of cyclic esters (lactones) is 1. The lowest BCUT2D eigenvalue weighted by molar-refractivity contribution is -0.129. The highest BCUT2D eigenvalue weighted by Crippen LogP contribution is 2.38. The average Bonchev–Trinajstić information content (AvgIpc) is 3.19. The number of esters is 1. The fourth-order valence-corrected chi connectivity index (χ4v) is 3.98. The largest absolute Gasteiger partial charge is 0.490 e. The van der Waals surface area contributed by atoms with Crippen molar-refractivity contribution in [2.75, 3.05) is 13.2 Å². The minimum absolute atomic E-state index is 0.230. The van der Waals surface area contributed by atoms with Crippen LogP contribution in [0.1, 0.15) is 31.4 Å². The van der Waals surface area contributed by atoms with Crippen LogP contribution in [0, 0.1) is 0 Å². The smallest absolute Gasteiger partial charge is 0.363 e. The molecule has 6 heteroatoms. The highest BCUT2D eigenvalue weighted by atomic mass is 79.9. The second-order valence-corrected chi connectivity index (χ2v) is 8.25. The highest BCUT2D eigenvalue weighted by molar-refractivity contribution is 9.10. The standard InChI is InChI=1S/C27H24BrNO4/c1-3-14-32-25-22(28)15-18(17-24(25)31-4-2)16-23-27(30)33-26(29-23)21-12-10-20(11-13-21)19-8-6-5-7-9-19/h5-13,15-17H,3-4,14H2,1-2H3/b23-16-. The molecule has 1 aliphatic rings. The van der Waals surface area contributed by atoms with E-state index < -0.39 is 5.97 Å². The van der Waals surface area contributed by atoms with E-state index in [1.807, 2.05) is 68.4 Å². The van der Waals surface area contributed by atoms with E-state index in [2.05, 4.69) is 33.1 Å². The van der Waals surface area contributed by atoms with Crippen molar-refractivity contribution in [2.24, 2.45) is 4.99 Å². The van der Waals surface area contributed by atoms with E-state index in [0.29, 0.717) is 24.7 Å². The minimum atomic E-state index is -0.488. The van der Waals surface area contributed by atoms with Crippen LogP contribution in [-0.4, -0.2) is 25.1 Å². The van der Waals surface area contributed by atoms with Crippen molar-refractivity contribution in [2.45, 2.75) is 20.3 Å². The van der Waals surface area contributed by atoms with E-state index in [1.54, 1.807) is 6.08 Å². The predicted molar refractivity (Wildman–Crippen MR) is 134 cm³/mol. The molecule has 0 fully saturated rings. The number of nitrogens with zero attached hydrogens (tertiary/aromatic N) is 1.